The molecule has 2 aliphatic heterocycles. The van der Waals surface area contributed by atoms with E-state index in [0.717, 1.165) is 11.3 Å². The Morgan fingerprint density at radius 3 is 2.69 bits per heavy atom. The third-order valence-electron chi connectivity index (χ3n) is 5.27. The van der Waals surface area contributed by atoms with Crippen LogP contribution in [0.2, 0.25) is 5.02 Å². The van der Waals surface area contributed by atoms with Gasteiger partial charge in [0.25, 0.3) is 0 Å². The lowest BCUT2D eigenvalue weighted by molar-refractivity contribution is -0.127. The second kappa shape index (κ2) is 7.44. The van der Waals surface area contributed by atoms with Crippen molar-refractivity contribution in [3.63, 3.8) is 0 Å². The summed E-state index contributed by atoms with van der Waals surface area (Å²) in [5.41, 5.74) is 2.06. The predicted molar refractivity (Wildman–Crippen MR) is 109 cm³/mol. The Morgan fingerprint density at radius 2 is 1.97 bits per heavy atom. The predicted octanol–water partition coefficient (Wildman–Crippen LogP) is 2.11. The molecule has 2 heterocycles. The summed E-state index contributed by atoms with van der Waals surface area (Å²) >= 11 is 6.06. The second-order valence-electron chi connectivity index (χ2n) is 7.08. The minimum absolute atomic E-state index is 0.0759. The van der Waals surface area contributed by atoms with Gasteiger partial charge in [0.15, 0.2) is 0 Å². The Balaban J connectivity index is 1.74. The van der Waals surface area contributed by atoms with Crippen molar-refractivity contribution in [3.8, 4) is 0 Å². The number of rotatable bonds is 3. The van der Waals surface area contributed by atoms with E-state index in [0.29, 0.717) is 23.6 Å². The van der Waals surface area contributed by atoms with E-state index >= 15 is 0 Å². The van der Waals surface area contributed by atoms with Crippen molar-refractivity contribution in [1.82, 2.24) is 9.62 Å². The molecule has 1 N–H and O–H groups in total. The van der Waals surface area contributed by atoms with E-state index < -0.39 is 16.1 Å². The number of hydrogen-bond acceptors (Lipinski definition) is 4. The zero-order chi connectivity index (χ0) is 20.8. The first-order valence-corrected chi connectivity index (χ1v) is 11.1. The van der Waals surface area contributed by atoms with E-state index in [9.17, 15) is 18.0 Å². The first-order valence-electron chi connectivity index (χ1n) is 9.25. The molecule has 4 rings (SSSR count). The molecule has 2 aromatic rings. The van der Waals surface area contributed by atoms with E-state index in [1.807, 2.05) is 0 Å². The summed E-state index contributed by atoms with van der Waals surface area (Å²) in [6.07, 6.45) is 0.594. The molecule has 1 saturated heterocycles. The van der Waals surface area contributed by atoms with Crippen LogP contribution < -0.4 is 10.2 Å². The maximum atomic E-state index is 13.4. The summed E-state index contributed by atoms with van der Waals surface area (Å²) in [7, 11) is -3.94. The summed E-state index contributed by atoms with van der Waals surface area (Å²) in [5, 5.41) is 3.16. The summed E-state index contributed by atoms with van der Waals surface area (Å²) in [4.78, 5) is 26.1. The van der Waals surface area contributed by atoms with Gasteiger partial charge in [-0.2, -0.15) is 4.31 Å². The monoisotopic (exact) mass is 433 g/mol. The molecule has 2 amide bonds. The van der Waals surface area contributed by atoms with Gasteiger partial charge in [-0.25, -0.2) is 8.42 Å². The van der Waals surface area contributed by atoms with Crippen LogP contribution in [0, 0.1) is 0 Å². The van der Waals surface area contributed by atoms with Gasteiger partial charge < -0.3 is 10.2 Å². The van der Waals surface area contributed by atoms with Crippen LogP contribution in [-0.4, -0.2) is 44.2 Å². The molecule has 0 radical (unpaired) electrons. The number of sulfonamides is 1. The highest BCUT2D eigenvalue weighted by Crippen LogP contribution is 2.34. The first-order chi connectivity index (χ1) is 13.8. The van der Waals surface area contributed by atoms with Gasteiger partial charge in [0.05, 0.1) is 4.90 Å². The number of anilines is 1. The SMILES string of the molecule is CC(=O)N1CCc2cc(S(=O)(=O)N3CCNC(=O)C3c3cccc(Cl)c3)ccc21. The summed E-state index contributed by atoms with van der Waals surface area (Å²) in [5.74, 6) is -0.459. The molecule has 1 atom stereocenters. The van der Waals surface area contributed by atoms with Gasteiger partial charge in [0.1, 0.15) is 6.04 Å². The number of carbonyl (C=O) groups is 2. The Morgan fingerprint density at radius 1 is 1.17 bits per heavy atom. The third kappa shape index (κ3) is 3.52. The molecule has 0 bridgehead atoms. The van der Waals surface area contributed by atoms with Crippen molar-refractivity contribution in [2.24, 2.45) is 0 Å². The van der Waals surface area contributed by atoms with Gasteiger partial charge in [-0.05, 0) is 47.9 Å². The minimum atomic E-state index is -3.94. The highest BCUT2D eigenvalue weighted by atomic mass is 35.5. The van der Waals surface area contributed by atoms with Gasteiger partial charge in [0, 0.05) is 37.3 Å². The topological polar surface area (TPSA) is 86.8 Å². The maximum Gasteiger partial charge on any atom is 0.244 e. The molecule has 9 heteroatoms. The largest absolute Gasteiger partial charge is 0.353 e. The lowest BCUT2D eigenvalue weighted by Gasteiger charge is -2.34. The number of fused-ring (bicyclic) bond motifs is 1. The Bertz CT molecular complexity index is 1100. The van der Waals surface area contributed by atoms with Crippen LogP contribution in [0.5, 0.6) is 0 Å². The van der Waals surface area contributed by atoms with Crippen molar-refractivity contribution in [1.29, 1.82) is 0 Å². The van der Waals surface area contributed by atoms with Crippen LogP contribution in [0.1, 0.15) is 24.1 Å². The highest BCUT2D eigenvalue weighted by molar-refractivity contribution is 7.89. The van der Waals surface area contributed by atoms with Crippen LogP contribution in [0.15, 0.2) is 47.4 Å². The average molecular weight is 434 g/mol. The maximum absolute atomic E-state index is 13.4. The lowest BCUT2D eigenvalue weighted by Crippen LogP contribution is -2.52. The van der Waals surface area contributed by atoms with Crippen LogP contribution >= 0.6 is 11.6 Å². The molecule has 2 aromatic carbocycles. The van der Waals surface area contributed by atoms with Crippen LogP contribution in [0.25, 0.3) is 0 Å². The number of piperazine rings is 1. The van der Waals surface area contributed by atoms with Crippen molar-refractivity contribution in [3.05, 3.63) is 58.6 Å². The number of benzene rings is 2. The molecule has 0 saturated carbocycles. The fourth-order valence-corrected chi connectivity index (χ4v) is 5.73. The number of amides is 2. The fraction of sp³-hybridized carbons (Fsp3) is 0.300. The van der Waals surface area contributed by atoms with Gasteiger partial charge in [-0.15, -0.1) is 0 Å². The standard InChI is InChI=1S/C20H20ClN3O4S/c1-13(25)23-9-7-14-12-17(5-6-18(14)23)29(27,28)24-10-8-22-20(26)19(24)15-3-2-4-16(21)11-15/h2-6,11-12,19H,7-10H2,1H3,(H,22,26). The summed E-state index contributed by atoms with van der Waals surface area (Å²) in [6.45, 7) is 2.41. The molecule has 29 heavy (non-hydrogen) atoms. The van der Waals surface area contributed by atoms with E-state index in [-0.39, 0.29) is 29.8 Å². The molecule has 1 unspecified atom stereocenters. The number of halogens is 1. The molecular weight excluding hydrogens is 414 g/mol. The fourth-order valence-electron chi connectivity index (χ4n) is 3.90. The average Bonchev–Trinajstić information content (AvgIpc) is 3.11. The number of carbonyl (C=O) groups excluding carboxylic acids is 2. The normalized spacial score (nSPS) is 19.7. The van der Waals surface area contributed by atoms with E-state index in [1.54, 1.807) is 41.3 Å². The number of nitrogens with zero attached hydrogens (tertiary/aromatic N) is 2. The molecule has 0 aromatic heterocycles. The zero-order valence-corrected chi connectivity index (χ0v) is 17.3. The summed E-state index contributed by atoms with van der Waals surface area (Å²) in [6, 6.07) is 10.4. The van der Waals surface area contributed by atoms with Crippen molar-refractivity contribution in [2.75, 3.05) is 24.5 Å². The Labute approximate surface area is 174 Å². The lowest BCUT2D eigenvalue weighted by atomic mass is 10.0. The van der Waals surface area contributed by atoms with E-state index in [1.165, 1.54) is 17.3 Å². The molecule has 1 fully saturated rings. The van der Waals surface area contributed by atoms with Gasteiger partial charge in [0.2, 0.25) is 21.8 Å². The van der Waals surface area contributed by atoms with E-state index in [2.05, 4.69) is 5.32 Å². The Kier molecular flexibility index (Phi) is 5.10. The van der Waals surface area contributed by atoms with Gasteiger partial charge in [-0.3, -0.25) is 9.59 Å². The zero-order valence-electron chi connectivity index (χ0n) is 15.8. The minimum Gasteiger partial charge on any atom is -0.353 e. The molecule has 2 aliphatic rings. The van der Waals surface area contributed by atoms with Gasteiger partial charge in [-0.1, -0.05) is 23.7 Å². The van der Waals surface area contributed by atoms with Crippen LogP contribution in [0.3, 0.4) is 0 Å². The Hall–Kier alpha value is -2.42. The second-order valence-corrected chi connectivity index (χ2v) is 9.40. The highest BCUT2D eigenvalue weighted by Gasteiger charge is 2.40. The molecule has 7 nitrogen and oxygen atoms in total. The van der Waals surface area contributed by atoms with Crippen molar-refractivity contribution >= 4 is 39.1 Å². The number of hydrogen-bond donors (Lipinski definition) is 1. The molecule has 0 spiro atoms. The van der Waals surface area contributed by atoms with Crippen LogP contribution in [-0.2, 0) is 26.0 Å². The quantitative estimate of drug-likeness (QED) is 0.803. The summed E-state index contributed by atoms with van der Waals surface area (Å²) < 4.78 is 28.1. The molecule has 152 valence electrons. The first kappa shape index (κ1) is 19.9. The van der Waals surface area contributed by atoms with Crippen LogP contribution in [0.4, 0.5) is 5.69 Å². The van der Waals surface area contributed by atoms with E-state index in [4.69, 9.17) is 11.6 Å². The molecule has 0 aliphatic carbocycles. The molecular formula is C20H20ClN3O4S. The van der Waals surface area contributed by atoms with Crippen molar-refractivity contribution < 1.29 is 18.0 Å². The van der Waals surface area contributed by atoms with Crippen molar-refractivity contribution in [2.45, 2.75) is 24.3 Å². The smallest absolute Gasteiger partial charge is 0.244 e. The third-order valence-corrected chi connectivity index (χ3v) is 7.36. The number of nitrogens with one attached hydrogen (secondary N) is 1. The van der Waals surface area contributed by atoms with Gasteiger partial charge >= 0.3 is 0 Å².